The quantitative estimate of drug-likeness (QED) is 0.340. The van der Waals surface area contributed by atoms with Crippen molar-refractivity contribution < 1.29 is 9.47 Å². The normalized spacial score (nSPS) is 10.5. The molecule has 8 N–H and O–H groups in total. The van der Waals surface area contributed by atoms with Crippen molar-refractivity contribution in [1.82, 2.24) is 0 Å². The van der Waals surface area contributed by atoms with Crippen molar-refractivity contribution >= 4 is 22.7 Å². The number of para-hydroxylation sites is 1. The minimum Gasteiger partial charge on any atom is -0.457 e. The lowest BCUT2D eigenvalue weighted by atomic mass is 10.0. The van der Waals surface area contributed by atoms with Gasteiger partial charge in [-0.15, -0.1) is 0 Å². The molecule has 0 aromatic heterocycles. The van der Waals surface area contributed by atoms with E-state index in [4.69, 9.17) is 32.4 Å². The Morgan fingerprint density at radius 3 is 1.70 bits per heavy atom. The van der Waals surface area contributed by atoms with Crippen molar-refractivity contribution in [2.24, 2.45) is 0 Å². The Kier molecular flexibility index (Phi) is 5.05. The third-order valence-electron chi connectivity index (χ3n) is 4.61. The highest BCUT2D eigenvalue weighted by Gasteiger charge is 2.17. The van der Waals surface area contributed by atoms with Gasteiger partial charge in [0.25, 0.3) is 0 Å². The summed E-state index contributed by atoms with van der Waals surface area (Å²) in [5, 5.41) is 0. The fourth-order valence-electron chi connectivity index (χ4n) is 3.03. The highest BCUT2D eigenvalue weighted by Crippen LogP contribution is 2.44. The van der Waals surface area contributed by atoms with Crippen LogP contribution in [0.5, 0.6) is 23.0 Å². The molecule has 4 rings (SSSR count). The van der Waals surface area contributed by atoms with E-state index in [9.17, 15) is 0 Å². The van der Waals surface area contributed by atoms with E-state index >= 15 is 0 Å². The van der Waals surface area contributed by atoms with Crippen LogP contribution < -0.4 is 32.4 Å². The van der Waals surface area contributed by atoms with Crippen LogP contribution in [0.4, 0.5) is 22.7 Å². The van der Waals surface area contributed by atoms with Crippen LogP contribution in [0.25, 0.3) is 11.1 Å². The molecule has 0 radical (unpaired) electrons. The second kappa shape index (κ2) is 7.97. The van der Waals surface area contributed by atoms with Gasteiger partial charge in [-0.05, 0) is 66.7 Å². The van der Waals surface area contributed by atoms with Gasteiger partial charge in [-0.1, -0.05) is 18.2 Å². The predicted molar refractivity (Wildman–Crippen MR) is 123 cm³/mol. The molecule has 6 heteroatoms. The number of hydrogen-bond acceptors (Lipinski definition) is 6. The monoisotopic (exact) mass is 398 g/mol. The van der Waals surface area contributed by atoms with Crippen molar-refractivity contribution in [2.75, 3.05) is 22.9 Å². The molecule has 0 amide bonds. The zero-order chi connectivity index (χ0) is 21.1. The Morgan fingerprint density at radius 2 is 1.07 bits per heavy atom. The van der Waals surface area contributed by atoms with E-state index in [2.05, 4.69) is 0 Å². The first-order valence-corrected chi connectivity index (χ1v) is 9.35. The Morgan fingerprint density at radius 1 is 0.500 bits per heavy atom. The first kappa shape index (κ1) is 19.0. The van der Waals surface area contributed by atoms with Gasteiger partial charge in [-0.2, -0.15) is 0 Å². The van der Waals surface area contributed by atoms with Gasteiger partial charge in [-0.3, -0.25) is 0 Å². The summed E-state index contributed by atoms with van der Waals surface area (Å²) in [5.41, 5.74) is 27.5. The standard InChI is InChI=1S/C24H22N4O2/c25-15-5-9-17(10-6-15)29-22-4-2-1-3-19(22)20-13-14-21(27)23(28)24(20)30-18-11-7-16(26)8-12-18/h1-14H,25-28H2. The second-order valence-electron chi connectivity index (χ2n) is 6.78. The van der Waals surface area contributed by atoms with Crippen LogP contribution in [-0.2, 0) is 0 Å². The summed E-state index contributed by atoms with van der Waals surface area (Å²) in [7, 11) is 0. The van der Waals surface area contributed by atoms with Gasteiger partial charge in [-0.25, -0.2) is 0 Å². The predicted octanol–water partition coefficient (Wildman–Crippen LogP) is 5.27. The van der Waals surface area contributed by atoms with Crippen molar-refractivity contribution in [3.05, 3.63) is 84.9 Å². The third-order valence-corrected chi connectivity index (χ3v) is 4.61. The zero-order valence-corrected chi connectivity index (χ0v) is 16.2. The SMILES string of the molecule is Nc1ccc(Oc2ccccc2-c2ccc(N)c(N)c2Oc2ccc(N)cc2)cc1. The molecule has 4 aromatic rings. The Balaban J connectivity index is 1.78. The summed E-state index contributed by atoms with van der Waals surface area (Å²) in [6, 6.07) is 25.5. The van der Waals surface area contributed by atoms with Crippen molar-refractivity contribution in [3.63, 3.8) is 0 Å². The molecule has 0 aliphatic rings. The molecule has 0 aliphatic carbocycles. The largest absolute Gasteiger partial charge is 0.457 e. The molecule has 0 fully saturated rings. The van der Waals surface area contributed by atoms with Gasteiger partial charge < -0.3 is 32.4 Å². The minimum atomic E-state index is 0.353. The van der Waals surface area contributed by atoms with Crippen molar-refractivity contribution in [2.45, 2.75) is 0 Å². The fourth-order valence-corrected chi connectivity index (χ4v) is 3.03. The summed E-state index contributed by atoms with van der Waals surface area (Å²) < 4.78 is 12.2. The molecule has 0 spiro atoms. The van der Waals surface area contributed by atoms with E-state index < -0.39 is 0 Å². The molecule has 0 saturated heterocycles. The lowest BCUT2D eigenvalue weighted by molar-refractivity contribution is 0.478. The Bertz CT molecular complexity index is 1170. The number of anilines is 4. The number of hydrogen-bond donors (Lipinski definition) is 4. The van der Waals surface area contributed by atoms with E-state index in [1.807, 2.05) is 42.5 Å². The van der Waals surface area contributed by atoms with Gasteiger partial charge in [0.2, 0.25) is 0 Å². The van der Waals surface area contributed by atoms with Crippen LogP contribution in [0.2, 0.25) is 0 Å². The molecule has 0 saturated carbocycles. The third kappa shape index (κ3) is 3.93. The summed E-state index contributed by atoms with van der Waals surface area (Å²) in [6.45, 7) is 0. The molecule has 4 aromatic carbocycles. The molecular formula is C24H22N4O2. The Hall–Kier alpha value is -4.32. The molecule has 0 atom stereocenters. The first-order chi connectivity index (χ1) is 14.5. The lowest BCUT2D eigenvalue weighted by Crippen LogP contribution is -2.00. The number of nitrogens with two attached hydrogens (primary N) is 4. The highest BCUT2D eigenvalue weighted by molar-refractivity contribution is 5.86. The molecular weight excluding hydrogens is 376 g/mol. The molecule has 0 aliphatic heterocycles. The topological polar surface area (TPSA) is 123 Å². The van der Waals surface area contributed by atoms with Gasteiger partial charge in [0.1, 0.15) is 17.2 Å². The van der Waals surface area contributed by atoms with Gasteiger partial charge in [0.05, 0.1) is 11.4 Å². The number of ether oxygens (including phenoxy) is 2. The van der Waals surface area contributed by atoms with E-state index in [0.29, 0.717) is 45.7 Å². The van der Waals surface area contributed by atoms with Crippen molar-refractivity contribution in [3.8, 4) is 34.1 Å². The molecule has 0 bridgehead atoms. The molecule has 0 unspecified atom stereocenters. The molecule has 150 valence electrons. The second-order valence-corrected chi connectivity index (χ2v) is 6.78. The molecule has 30 heavy (non-hydrogen) atoms. The van der Waals surface area contributed by atoms with E-state index in [1.54, 1.807) is 42.5 Å². The average molecular weight is 398 g/mol. The Labute approximate surface area is 174 Å². The van der Waals surface area contributed by atoms with Gasteiger partial charge >= 0.3 is 0 Å². The maximum atomic E-state index is 6.29. The number of nitrogen functional groups attached to an aromatic ring is 4. The maximum Gasteiger partial charge on any atom is 0.160 e. The number of benzene rings is 4. The lowest BCUT2D eigenvalue weighted by Gasteiger charge is -2.18. The van der Waals surface area contributed by atoms with Gasteiger partial charge in [0, 0.05) is 22.5 Å². The minimum absolute atomic E-state index is 0.353. The van der Waals surface area contributed by atoms with Crippen LogP contribution in [0.3, 0.4) is 0 Å². The highest BCUT2D eigenvalue weighted by atomic mass is 16.5. The summed E-state index contributed by atoms with van der Waals surface area (Å²) in [6.07, 6.45) is 0. The van der Waals surface area contributed by atoms with Gasteiger partial charge in [0.15, 0.2) is 5.75 Å². The van der Waals surface area contributed by atoms with Crippen molar-refractivity contribution in [1.29, 1.82) is 0 Å². The number of rotatable bonds is 5. The summed E-state index contributed by atoms with van der Waals surface area (Å²) >= 11 is 0. The van der Waals surface area contributed by atoms with Crippen LogP contribution in [0.15, 0.2) is 84.9 Å². The van der Waals surface area contributed by atoms with E-state index in [1.165, 1.54) is 0 Å². The van der Waals surface area contributed by atoms with Crippen LogP contribution >= 0.6 is 0 Å². The first-order valence-electron chi connectivity index (χ1n) is 9.35. The summed E-state index contributed by atoms with van der Waals surface area (Å²) in [5.74, 6) is 2.36. The van der Waals surface area contributed by atoms with Crippen LogP contribution in [0.1, 0.15) is 0 Å². The van der Waals surface area contributed by atoms with E-state index in [0.717, 1.165) is 11.1 Å². The van der Waals surface area contributed by atoms with E-state index in [-0.39, 0.29) is 0 Å². The molecule has 6 nitrogen and oxygen atoms in total. The van der Waals surface area contributed by atoms with Crippen LogP contribution in [0, 0.1) is 0 Å². The fraction of sp³-hybridized carbons (Fsp3) is 0. The maximum absolute atomic E-state index is 6.29. The average Bonchev–Trinajstić information content (AvgIpc) is 2.75. The van der Waals surface area contributed by atoms with Crippen LogP contribution in [-0.4, -0.2) is 0 Å². The smallest absolute Gasteiger partial charge is 0.160 e. The summed E-state index contributed by atoms with van der Waals surface area (Å²) in [4.78, 5) is 0. The molecule has 0 heterocycles. The zero-order valence-electron chi connectivity index (χ0n) is 16.2.